The molecule has 1 rings (SSSR count). The summed E-state index contributed by atoms with van der Waals surface area (Å²) in [5.74, 6) is -0.595. The molecule has 1 aromatic carbocycles. The van der Waals surface area contributed by atoms with Gasteiger partial charge in [0.25, 0.3) is 0 Å². The Hall–Kier alpha value is -0.730. The lowest BCUT2D eigenvalue weighted by atomic mass is 10.2. The zero-order chi connectivity index (χ0) is 9.14. The van der Waals surface area contributed by atoms with E-state index in [4.69, 9.17) is 23.2 Å². The third kappa shape index (κ3) is 1.90. The molecule has 0 bridgehead atoms. The number of rotatable bonds is 1. The van der Waals surface area contributed by atoms with Gasteiger partial charge >= 0.3 is 5.97 Å². The summed E-state index contributed by atoms with van der Waals surface area (Å²) in [6.07, 6.45) is 0. The van der Waals surface area contributed by atoms with Gasteiger partial charge in [0.2, 0.25) is 0 Å². The van der Waals surface area contributed by atoms with Crippen LogP contribution in [-0.2, 0) is 4.74 Å². The molecule has 1 aromatic rings. The molecule has 0 saturated heterocycles. The van der Waals surface area contributed by atoms with Crippen LogP contribution < -0.4 is 0 Å². The van der Waals surface area contributed by atoms with Crippen LogP contribution in [0.25, 0.3) is 0 Å². The Bertz CT molecular complexity index is 310. The number of halogens is 2. The van der Waals surface area contributed by atoms with Crippen molar-refractivity contribution >= 4 is 29.2 Å². The van der Waals surface area contributed by atoms with Gasteiger partial charge in [-0.2, -0.15) is 0 Å². The molecule has 0 saturated carbocycles. The summed E-state index contributed by atoms with van der Waals surface area (Å²) in [5.41, 5.74) is 0.221. The summed E-state index contributed by atoms with van der Waals surface area (Å²) < 4.78 is 4.24. The molecule has 0 atom stereocenters. The van der Waals surface area contributed by atoms with Gasteiger partial charge in [-0.1, -0.05) is 23.2 Å². The number of benzene rings is 1. The maximum atomic E-state index is 11.0. The highest BCUT2D eigenvalue weighted by molar-refractivity contribution is 6.35. The Morgan fingerprint density at radius 2 is 2.08 bits per heavy atom. The molecule has 0 aliphatic heterocycles. The maximum absolute atomic E-state index is 11.0. The highest BCUT2D eigenvalue weighted by Gasteiger charge is 2.10. The van der Waals surface area contributed by atoms with E-state index in [0.29, 0.717) is 10.0 Å². The molecule has 0 aromatic heterocycles. The van der Waals surface area contributed by atoms with E-state index in [0.717, 1.165) is 0 Å². The Morgan fingerprint density at radius 3 is 2.67 bits per heavy atom. The van der Waals surface area contributed by atoms with Gasteiger partial charge in [0.05, 0.1) is 10.6 Å². The first-order valence-electron chi connectivity index (χ1n) is 3.06. The third-order valence-corrected chi connectivity index (χ3v) is 1.84. The molecule has 1 radical (unpaired) electrons. The molecule has 0 N–H and O–H groups in total. The topological polar surface area (TPSA) is 26.3 Å². The van der Waals surface area contributed by atoms with Crippen molar-refractivity contribution in [3.8, 4) is 0 Å². The van der Waals surface area contributed by atoms with Crippen molar-refractivity contribution in [2.24, 2.45) is 0 Å². The summed E-state index contributed by atoms with van der Waals surface area (Å²) in [4.78, 5) is 11.0. The first-order valence-corrected chi connectivity index (χ1v) is 3.82. The molecule has 0 aliphatic carbocycles. The zero-order valence-electron chi connectivity index (χ0n) is 6.01. The fourth-order valence-electron chi connectivity index (χ4n) is 0.732. The molecule has 0 spiro atoms. The van der Waals surface area contributed by atoms with Crippen LogP contribution in [0, 0.1) is 7.11 Å². The van der Waals surface area contributed by atoms with E-state index in [1.807, 2.05) is 0 Å². The lowest BCUT2D eigenvalue weighted by Gasteiger charge is -2.01. The van der Waals surface area contributed by atoms with Gasteiger partial charge in [-0.25, -0.2) is 4.79 Å². The molecular weight excluding hydrogens is 199 g/mol. The van der Waals surface area contributed by atoms with Crippen LogP contribution in [0.3, 0.4) is 0 Å². The number of hydrogen-bond acceptors (Lipinski definition) is 2. The second-order valence-corrected chi connectivity index (χ2v) is 2.90. The summed E-state index contributed by atoms with van der Waals surface area (Å²) in [7, 11) is 2.98. The first kappa shape index (κ1) is 9.36. The van der Waals surface area contributed by atoms with Crippen molar-refractivity contribution < 1.29 is 9.53 Å². The fraction of sp³-hybridized carbons (Fsp3) is 0. The van der Waals surface area contributed by atoms with Gasteiger partial charge in [-0.15, -0.1) is 0 Å². The molecule has 0 fully saturated rings. The first-order chi connectivity index (χ1) is 5.65. The minimum absolute atomic E-state index is 0.221. The van der Waals surface area contributed by atoms with E-state index in [9.17, 15) is 4.79 Å². The average Bonchev–Trinajstić information content (AvgIpc) is 2.08. The predicted octanol–water partition coefficient (Wildman–Crippen LogP) is 2.94. The van der Waals surface area contributed by atoms with Crippen LogP contribution in [0.5, 0.6) is 0 Å². The van der Waals surface area contributed by atoms with Gasteiger partial charge in [0.1, 0.15) is 7.11 Å². The molecular formula is C8H5Cl2O2. The molecule has 63 valence electrons. The van der Waals surface area contributed by atoms with Gasteiger partial charge in [0.15, 0.2) is 0 Å². The Balaban J connectivity index is 3.13. The minimum Gasteiger partial charge on any atom is -0.458 e. The van der Waals surface area contributed by atoms with Crippen LogP contribution in [0.1, 0.15) is 10.4 Å². The van der Waals surface area contributed by atoms with Crippen molar-refractivity contribution in [1.29, 1.82) is 0 Å². The molecule has 0 unspecified atom stereocenters. The highest BCUT2D eigenvalue weighted by atomic mass is 35.5. The Morgan fingerprint density at radius 1 is 1.42 bits per heavy atom. The standard InChI is InChI=1S/C8H5Cl2O2/c1-12-8(11)6-4-5(9)2-3-7(6)10/h2-4H,1H2. The number of carbonyl (C=O) groups is 1. The van der Waals surface area contributed by atoms with Gasteiger partial charge in [-0.3, -0.25) is 0 Å². The number of ether oxygens (including phenoxy) is 1. The van der Waals surface area contributed by atoms with Crippen molar-refractivity contribution in [1.82, 2.24) is 0 Å². The van der Waals surface area contributed by atoms with E-state index in [1.54, 1.807) is 6.07 Å². The van der Waals surface area contributed by atoms with Crippen LogP contribution >= 0.6 is 23.2 Å². The summed E-state index contributed by atoms with van der Waals surface area (Å²) >= 11 is 11.3. The maximum Gasteiger partial charge on any atom is 0.339 e. The van der Waals surface area contributed by atoms with E-state index in [-0.39, 0.29) is 5.56 Å². The Labute approximate surface area is 80.0 Å². The van der Waals surface area contributed by atoms with Crippen molar-refractivity contribution in [2.75, 3.05) is 0 Å². The highest BCUT2D eigenvalue weighted by Crippen LogP contribution is 2.20. The number of hydrogen-bond donors (Lipinski definition) is 0. The van der Waals surface area contributed by atoms with E-state index in [2.05, 4.69) is 11.8 Å². The van der Waals surface area contributed by atoms with E-state index < -0.39 is 5.97 Å². The third-order valence-electron chi connectivity index (χ3n) is 1.28. The van der Waals surface area contributed by atoms with Gasteiger partial charge in [0, 0.05) is 5.02 Å². The summed E-state index contributed by atoms with van der Waals surface area (Å²) in [5, 5.41) is 0.729. The molecule has 2 nitrogen and oxygen atoms in total. The second-order valence-electron chi connectivity index (χ2n) is 2.06. The monoisotopic (exact) mass is 203 g/mol. The van der Waals surface area contributed by atoms with Crippen LogP contribution in [0.4, 0.5) is 0 Å². The van der Waals surface area contributed by atoms with Crippen LogP contribution in [0.15, 0.2) is 18.2 Å². The number of esters is 1. The summed E-state index contributed by atoms with van der Waals surface area (Å²) in [6.45, 7) is 0. The average molecular weight is 204 g/mol. The minimum atomic E-state index is -0.595. The van der Waals surface area contributed by atoms with E-state index >= 15 is 0 Å². The normalized spacial score (nSPS) is 9.58. The quantitative estimate of drug-likeness (QED) is 0.657. The SMILES string of the molecule is [CH2]OC(=O)c1cc(Cl)ccc1Cl. The van der Waals surface area contributed by atoms with E-state index in [1.165, 1.54) is 12.1 Å². The smallest absolute Gasteiger partial charge is 0.339 e. The van der Waals surface area contributed by atoms with Gasteiger partial charge in [-0.05, 0) is 18.2 Å². The van der Waals surface area contributed by atoms with Gasteiger partial charge < -0.3 is 4.74 Å². The number of carbonyl (C=O) groups excluding carboxylic acids is 1. The van der Waals surface area contributed by atoms with Crippen LogP contribution in [-0.4, -0.2) is 5.97 Å². The largest absolute Gasteiger partial charge is 0.458 e. The lowest BCUT2D eigenvalue weighted by molar-refractivity contribution is 0.0654. The second kappa shape index (κ2) is 3.78. The van der Waals surface area contributed by atoms with Crippen LogP contribution in [0.2, 0.25) is 10.0 Å². The van der Waals surface area contributed by atoms with Crippen molar-refractivity contribution in [3.05, 3.63) is 40.9 Å². The molecule has 4 heteroatoms. The molecule has 12 heavy (non-hydrogen) atoms. The molecule has 0 aliphatic rings. The zero-order valence-corrected chi connectivity index (χ0v) is 7.52. The predicted molar refractivity (Wildman–Crippen MR) is 47.2 cm³/mol. The van der Waals surface area contributed by atoms with Crippen molar-refractivity contribution in [3.63, 3.8) is 0 Å². The van der Waals surface area contributed by atoms with Crippen molar-refractivity contribution in [2.45, 2.75) is 0 Å². The Kier molecular flexibility index (Phi) is 2.95. The molecule has 0 amide bonds. The summed E-state index contributed by atoms with van der Waals surface area (Å²) in [6, 6.07) is 4.54. The molecule has 0 heterocycles. The lowest BCUT2D eigenvalue weighted by Crippen LogP contribution is -2.00. The fourth-order valence-corrected chi connectivity index (χ4v) is 1.10.